The Hall–Kier alpha value is -2.46. The summed E-state index contributed by atoms with van der Waals surface area (Å²) in [5.74, 6) is 1.10. The summed E-state index contributed by atoms with van der Waals surface area (Å²) < 4.78 is 1.11. The summed E-state index contributed by atoms with van der Waals surface area (Å²) in [5, 5.41) is 11.5. The second-order valence-corrected chi connectivity index (χ2v) is 9.10. The molecule has 2 aliphatic rings. The Morgan fingerprint density at radius 2 is 1.62 bits per heavy atom. The molecular formula is C25H22BrNO2. The summed E-state index contributed by atoms with van der Waals surface area (Å²) in [6.45, 7) is 0. The first-order valence-corrected chi connectivity index (χ1v) is 11.1. The van der Waals surface area contributed by atoms with E-state index in [2.05, 4.69) is 52.3 Å². The van der Waals surface area contributed by atoms with Crippen molar-refractivity contribution in [2.24, 2.45) is 5.92 Å². The van der Waals surface area contributed by atoms with Gasteiger partial charge in [0.05, 0.1) is 10.5 Å². The molecular weight excluding hydrogens is 426 g/mol. The van der Waals surface area contributed by atoms with Gasteiger partial charge < -0.3 is 0 Å². The molecule has 0 spiro atoms. The number of para-hydroxylation sites is 1. The molecule has 0 amide bonds. The molecule has 3 nitrogen and oxygen atoms in total. The maximum atomic E-state index is 11.5. The van der Waals surface area contributed by atoms with E-state index in [0.29, 0.717) is 17.4 Å². The molecule has 1 saturated carbocycles. The molecule has 0 saturated heterocycles. The van der Waals surface area contributed by atoms with Gasteiger partial charge in [0.1, 0.15) is 0 Å². The molecule has 4 heteroatoms. The highest BCUT2D eigenvalue weighted by Gasteiger charge is 2.35. The monoisotopic (exact) mass is 447 g/mol. The average Bonchev–Trinajstić information content (AvgIpc) is 3.06. The smallest absolute Gasteiger partial charge is 0.258 e. The fourth-order valence-electron chi connectivity index (χ4n) is 5.28. The lowest BCUT2D eigenvalue weighted by Crippen LogP contribution is -2.15. The highest BCUT2D eigenvalue weighted by molar-refractivity contribution is 9.10. The molecule has 0 radical (unpaired) electrons. The van der Waals surface area contributed by atoms with Crippen molar-refractivity contribution in [1.29, 1.82) is 0 Å². The van der Waals surface area contributed by atoms with Gasteiger partial charge in [-0.05, 0) is 70.8 Å². The Labute approximate surface area is 179 Å². The largest absolute Gasteiger partial charge is 0.277 e. The van der Waals surface area contributed by atoms with Crippen molar-refractivity contribution in [3.8, 4) is 22.3 Å². The highest BCUT2D eigenvalue weighted by atomic mass is 79.9. The van der Waals surface area contributed by atoms with E-state index in [1.807, 2.05) is 12.1 Å². The van der Waals surface area contributed by atoms with Crippen molar-refractivity contribution in [1.82, 2.24) is 0 Å². The van der Waals surface area contributed by atoms with E-state index in [4.69, 9.17) is 0 Å². The maximum absolute atomic E-state index is 11.5. The molecule has 0 aromatic heterocycles. The third kappa shape index (κ3) is 3.20. The zero-order chi connectivity index (χ0) is 20.0. The molecule has 5 rings (SSSR count). The van der Waals surface area contributed by atoms with Crippen LogP contribution in [-0.2, 0) is 0 Å². The second-order valence-electron chi connectivity index (χ2n) is 8.18. The Morgan fingerprint density at radius 3 is 2.41 bits per heavy atom. The van der Waals surface area contributed by atoms with E-state index in [-0.39, 0.29) is 10.6 Å². The Bertz CT molecular complexity index is 1100. The molecule has 2 aliphatic carbocycles. The third-order valence-electron chi connectivity index (χ3n) is 6.56. The predicted octanol–water partition coefficient (Wildman–Crippen LogP) is 7.72. The summed E-state index contributed by atoms with van der Waals surface area (Å²) in [6.07, 6.45) is 6.53. The first-order chi connectivity index (χ1) is 14.1. The van der Waals surface area contributed by atoms with Crippen LogP contribution in [0.4, 0.5) is 5.69 Å². The van der Waals surface area contributed by atoms with Gasteiger partial charge in [0, 0.05) is 16.5 Å². The minimum Gasteiger partial charge on any atom is -0.258 e. The summed E-state index contributed by atoms with van der Waals surface area (Å²) >= 11 is 3.66. The van der Waals surface area contributed by atoms with Gasteiger partial charge in [0.25, 0.3) is 5.69 Å². The number of nitrogens with zero attached hydrogens (tertiary/aromatic N) is 1. The van der Waals surface area contributed by atoms with Gasteiger partial charge in [0.15, 0.2) is 0 Å². The maximum Gasteiger partial charge on any atom is 0.277 e. The number of rotatable bonds is 3. The molecule has 1 atom stereocenters. The average molecular weight is 448 g/mol. The first-order valence-electron chi connectivity index (χ1n) is 10.3. The molecule has 146 valence electrons. The molecule has 1 unspecified atom stereocenters. The van der Waals surface area contributed by atoms with E-state index in [1.165, 1.54) is 54.4 Å². The van der Waals surface area contributed by atoms with Crippen LogP contribution in [0, 0.1) is 16.0 Å². The van der Waals surface area contributed by atoms with Gasteiger partial charge in [-0.25, -0.2) is 0 Å². The van der Waals surface area contributed by atoms with E-state index in [9.17, 15) is 10.1 Å². The first kappa shape index (κ1) is 18.6. The van der Waals surface area contributed by atoms with Crippen LogP contribution in [0.5, 0.6) is 0 Å². The number of fused-ring (bicyclic) bond motifs is 3. The van der Waals surface area contributed by atoms with Crippen molar-refractivity contribution in [3.05, 3.63) is 86.4 Å². The van der Waals surface area contributed by atoms with Crippen LogP contribution >= 0.6 is 15.9 Å². The van der Waals surface area contributed by atoms with Gasteiger partial charge >= 0.3 is 0 Å². The van der Waals surface area contributed by atoms with Crippen molar-refractivity contribution in [3.63, 3.8) is 0 Å². The van der Waals surface area contributed by atoms with Crippen LogP contribution in [0.3, 0.4) is 0 Å². The van der Waals surface area contributed by atoms with Crippen LogP contribution in [0.15, 0.2) is 65.1 Å². The predicted molar refractivity (Wildman–Crippen MR) is 120 cm³/mol. The van der Waals surface area contributed by atoms with Crippen molar-refractivity contribution >= 4 is 21.6 Å². The van der Waals surface area contributed by atoms with Gasteiger partial charge in [-0.3, -0.25) is 10.1 Å². The van der Waals surface area contributed by atoms with Crippen LogP contribution in [0.2, 0.25) is 0 Å². The lowest BCUT2D eigenvalue weighted by atomic mass is 9.75. The van der Waals surface area contributed by atoms with Gasteiger partial charge in [-0.1, -0.05) is 65.5 Å². The van der Waals surface area contributed by atoms with E-state index in [1.54, 1.807) is 12.1 Å². The molecule has 0 heterocycles. The minimum absolute atomic E-state index is 0.158. The van der Waals surface area contributed by atoms with Gasteiger partial charge in [0.2, 0.25) is 0 Å². The Kier molecular flexibility index (Phi) is 4.75. The normalized spacial score (nSPS) is 18.3. The van der Waals surface area contributed by atoms with Crippen LogP contribution in [0.1, 0.15) is 49.1 Å². The number of benzene rings is 3. The van der Waals surface area contributed by atoms with Crippen LogP contribution in [-0.4, -0.2) is 4.92 Å². The SMILES string of the molecule is O=[N+]([O-])c1ccccc1-c1ccc2c(c1)-c1ccc(Br)cc1C2C1CCCCC1. The second kappa shape index (κ2) is 7.42. The Balaban J connectivity index is 1.67. The number of nitro benzene ring substituents is 1. The molecule has 1 fully saturated rings. The van der Waals surface area contributed by atoms with E-state index < -0.39 is 0 Å². The standard InChI is InChI=1S/C25H22BrNO2/c26-18-11-13-20-22-14-17(19-8-4-5-9-24(19)27(28)29)10-12-21(22)25(23(20)15-18)16-6-2-1-3-7-16/h4-5,8-16,25H,1-3,6-7H2. The molecule has 0 N–H and O–H groups in total. The number of halogens is 1. The van der Waals surface area contributed by atoms with Crippen molar-refractivity contribution in [2.75, 3.05) is 0 Å². The Morgan fingerprint density at radius 1 is 0.828 bits per heavy atom. The number of hydrogen-bond donors (Lipinski definition) is 0. The quantitative estimate of drug-likeness (QED) is 0.304. The van der Waals surface area contributed by atoms with Crippen LogP contribution in [0.25, 0.3) is 22.3 Å². The topological polar surface area (TPSA) is 43.1 Å². The summed E-state index contributed by atoms with van der Waals surface area (Å²) in [7, 11) is 0. The molecule has 3 aromatic carbocycles. The third-order valence-corrected chi connectivity index (χ3v) is 7.05. The lowest BCUT2D eigenvalue weighted by molar-refractivity contribution is -0.384. The summed E-state index contributed by atoms with van der Waals surface area (Å²) in [4.78, 5) is 11.2. The fraction of sp³-hybridized carbons (Fsp3) is 0.280. The van der Waals surface area contributed by atoms with Crippen molar-refractivity contribution < 1.29 is 4.92 Å². The molecule has 0 aliphatic heterocycles. The fourth-order valence-corrected chi connectivity index (χ4v) is 5.66. The highest BCUT2D eigenvalue weighted by Crippen LogP contribution is 2.53. The minimum atomic E-state index is -0.293. The summed E-state index contributed by atoms with van der Waals surface area (Å²) in [6, 6.07) is 20.0. The van der Waals surface area contributed by atoms with Crippen molar-refractivity contribution in [2.45, 2.75) is 38.0 Å². The zero-order valence-corrected chi connectivity index (χ0v) is 17.7. The molecule has 0 bridgehead atoms. The van der Waals surface area contributed by atoms with E-state index in [0.717, 1.165) is 10.0 Å². The van der Waals surface area contributed by atoms with E-state index >= 15 is 0 Å². The number of hydrogen-bond acceptors (Lipinski definition) is 2. The van der Waals surface area contributed by atoms with Gasteiger partial charge in [-0.15, -0.1) is 0 Å². The molecule has 3 aromatic rings. The molecule has 29 heavy (non-hydrogen) atoms. The lowest BCUT2D eigenvalue weighted by Gasteiger charge is -2.29. The summed E-state index contributed by atoms with van der Waals surface area (Å²) in [5.41, 5.74) is 7.05. The van der Waals surface area contributed by atoms with Crippen LogP contribution < -0.4 is 0 Å². The zero-order valence-electron chi connectivity index (χ0n) is 16.1. The van der Waals surface area contributed by atoms with Gasteiger partial charge in [-0.2, -0.15) is 0 Å². The number of nitro groups is 1.